The first-order chi connectivity index (χ1) is 17.0. The average Bonchev–Trinajstić information content (AvgIpc) is 3.56. The summed E-state index contributed by atoms with van der Waals surface area (Å²) in [4.78, 5) is 40.6. The number of aromatic nitrogens is 3. The fraction of sp³-hybridized carbons (Fsp3) is 0.500. The first-order valence-electron chi connectivity index (χ1n) is 11.4. The molecule has 1 N–H and O–H groups in total. The molecule has 13 heteroatoms. The number of ether oxygens (including phenoxy) is 3. The van der Waals surface area contributed by atoms with Gasteiger partial charge in [0.15, 0.2) is 0 Å². The third-order valence-corrected chi connectivity index (χ3v) is 6.43. The van der Waals surface area contributed by atoms with Crippen LogP contribution >= 0.6 is 11.6 Å². The Morgan fingerprint density at radius 2 is 2.06 bits per heavy atom. The molecule has 0 aliphatic carbocycles. The van der Waals surface area contributed by atoms with Crippen molar-refractivity contribution in [3.05, 3.63) is 40.7 Å². The van der Waals surface area contributed by atoms with E-state index < -0.39 is 18.2 Å². The molecule has 3 aliphatic heterocycles. The third kappa shape index (κ3) is 5.33. The van der Waals surface area contributed by atoms with Crippen LogP contribution in [0.3, 0.4) is 0 Å². The summed E-state index contributed by atoms with van der Waals surface area (Å²) in [6.45, 7) is 2.22. The Bertz CT molecular complexity index is 1130. The number of halogens is 1. The highest BCUT2D eigenvalue weighted by Crippen LogP contribution is 2.26. The van der Waals surface area contributed by atoms with Gasteiger partial charge in [-0.25, -0.2) is 4.79 Å². The normalized spacial score (nSPS) is 22.9. The molecule has 0 spiro atoms. The van der Waals surface area contributed by atoms with Gasteiger partial charge in [0.05, 0.1) is 43.1 Å². The lowest BCUT2D eigenvalue weighted by Gasteiger charge is -2.20. The number of carbonyl (C=O) groups excluding carboxylic acids is 3. The number of amides is 3. The molecule has 5 rings (SSSR count). The molecule has 0 unspecified atom stereocenters. The summed E-state index contributed by atoms with van der Waals surface area (Å²) in [7, 11) is 0. The van der Waals surface area contributed by atoms with Gasteiger partial charge >= 0.3 is 6.09 Å². The van der Waals surface area contributed by atoms with Gasteiger partial charge in [0.1, 0.15) is 24.6 Å². The van der Waals surface area contributed by atoms with E-state index in [9.17, 15) is 14.4 Å². The van der Waals surface area contributed by atoms with Crippen molar-refractivity contribution in [1.29, 1.82) is 0 Å². The van der Waals surface area contributed by atoms with E-state index >= 15 is 0 Å². The van der Waals surface area contributed by atoms with Gasteiger partial charge in [-0.2, -0.15) is 0 Å². The van der Waals surface area contributed by atoms with E-state index in [2.05, 4.69) is 15.6 Å². The summed E-state index contributed by atoms with van der Waals surface area (Å²) in [6.07, 6.45) is 1.48. The van der Waals surface area contributed by atoms with Crippen molar-refractivity contribution in [3.63, 3.8) is 0 Å². The summed E-state index contributed by atoms with van der Waals surface area (Å²) in [5.41, 5.74) is 1.03. The van der Waals surface area contributed by atoms with Crippen LogP contribution in [-0.4, -0.2) is 94.2 Å². The molecule has 4 heterocycles. The van der Waals surface area contributed by atoms with E-state index in [1.807, 2.05) is 0 Å². The van der Waals surface area contributed by atoms with Crippen molar-refractivity contribution >= 4 is 29.5 Å². The van der Waals surface area contributed by atoms with Crippen LogP contribution < -0.4 is 10.1 Å². The van der Waals surface area contributed by atoms with Crippen molar-refractivity contribution in [2.45, 2.75) is 31.7 Å². The second-order valence-corrected chi connectivity index (χ2v) is 8.99. The minimum atomic E-state index is -0.503. The summed E-state index contributed by atoms with van der Waals surface area (Å²) in [6, 6.07) is 4.37. The number of hydrogen-bond acceptors (Lipinski definition) is 8. The number of nitrogens with one attached hydrogen (secondary N) is 1. The molecule has 12 nitrogen and oxygen atoms in total. The minimum Gasteiger partial charge on any atom is -0.492 e. The number of benzene rings is 1. The van der Waals surface area contributed by atoms with Crippen LogP contribution in [0.25, 0.3) is 0 Å². The lowest BCUT2D eigenvalue weighted by atomic mass is 10.1. The van der Waals surface area contributed by atoms with Crippen LogP contribution in [0, 0.1) is 0 Å². The molecule has 2 aromatic rings. The van der Waals surface area contributed by atoms with Gasteiger partial charge in [0.2, 0.25) is 5.91 Å². The number of hydrogen-bond donors (Lipinski definition) is 1. The zero-order valence-electron chi connectivity index (χ0n) is 18.9. The lowest BCUT2D eigenvalue weighted by molar-refractivity contribution is -0.131. The summed E-state index contributed by atoms with van der Waals surface area (Å²) in [5, 5.41) is 11.6. The Labute approximate surface area is 206 Å². The molecular formula is C22H25ClN6O6. The molecule has 1 aromatic carbocycles. The second-order valence-electron chi connectivity index (χ2n) is 8.58. The Morgan fingerprint density at radius 3 is 2.89 bits per heavy atom. The first kappa shape index (κ1) is 23.4. The smallest absolute Gasteiger partial charge is 0.410 e. The highest BCUT2D eigenvalue weighted by molar-refractivity contribution is 6.32. The predicted molar refractivity (Wildman–Crippen MR) is 121 cm³/mol. The molecule has 35 heavy (non-hydrogen) atoms. The Kier molecular flexibility index (Phi) is 6.73. The van der Waals surface area contributed by atoms with Gasteiger partial charge in [-0.05, 0) is 18.2 Å². The van der Waals surface area contributed by atoms with Crippen molar-refractivity contribution in [3.8, 4) is 5.75 Å². The van der Waals surface area contributed by atoms with Crippen LogP contribution in [-0.2, 0) is 27.4 Å². The number of nitrogens with zero attached hydrogens (tertiary/aromatic N) is 5. The monoisotopic (exact) mass is 504 g/mol. The van der Waals surface area contributed by atoms with Gasteiger partial charge in [-0.3, -0.25) is 19.2 Å². The van der Waals surface area contributed by atoms with Crippen LogP contribution in [0.5, 0.6) is 5.75 Å². The van der Waals surface area contributed by atoms with E-state index in [1.54, 1.807) is 34.0 Å². The van der Waals surface area contributed by atoms with Crippen LogP contribution in [0.1, 0.15) is 22.5 Å². The number of carbonyl (C=O) groups is 3. The van der Waals surface area contributed by atoms with Gasteiger partial charge in [-0.15, -0.1) is 5.10 Å². The maximum Gasteiger partial charge on any atom is 0.410 e. The van der Waals surface area contributed by atoms with Crippen molar-refractivity contribution < 1.29 is 28.6 Å². The molecule has 4 bridgehead atoms. The number of likely N-dealkylation sites (tertiary alicyclic amines) is 1. The number of fused-ring (bicyclic) bond motifs is 5. The highest BCUT2D eigenvalue weighted by Gasteiger charge is 2.38. The van der Waals surface area contributed by atoms with Crippen molar-refractivity contribution in [2.75, 3.05) is 39.4 Å². The fourth-order valence-electron chi connectivity index (χ4n) is 4.24. The van der Waals surface area contributed by atoms with Crippen LogP contribution in [0.2, 0.25) is 5.02 Å². The highest BCUT2D eigenvalue weighted by atomic mass is 35.5. The van der Waals surface area contributed by atoms with Gasteiger partial charge in [0, 0.05) is 31.6 Å². The number of aryl methyl sites for hydroxylation is 1. The molecule has 3 amide bonds. The maximum absolute atomic E-state index is 13.1. The summed E-state index contributed by atoms with van der Waals surface area (Å²) >= 11 is 6.25. The Hall–Kier alpha value is -3.38. The molecule has 2 atom stereocenters. The topological polar surface area (TPSA) is 128 Å². The molecule has 186 valence electrons. The number of cyclic esters (lactones) is 1. The van der Waals surface area contributed by atoms with Crippen LogP contribution in [0.4, 0.5) is 4.79 Å². The molecule has 1 aromatic heterocycles. The van der Waals surface area contributed by atoms with E-state index in [0.29, 0.717) is 48.1 Å². The van der Waals surface area contributed by atoms with Gasteiger partial charge in [-0.1, -0.05) is 16.8 Å². The summed E-state index contributed by atoms with van der Waals surface area (Å²) < 4.78 is 18.5. The quantitative estimate of drug-likeness (QED) is 0.632. The Morgan fingerprint density at radius 1 is 1.17 bits per heavy atom. The fourth-order valence-corrected chi connectivity index (χ4v) is 4.41. The maximum atomic E-state index is 13.1. The van der Waals surface area contributed by atoms with E-state index in [1.165, 1.54) is 4.90 Å². The van der Waals surface area contributed by atoms with E-state index in [-0.39, 0.29) is 44.7 Å². The molecule has 0 saturated carbocycles. The van der Waals surface area contributed by atoms with Crippen LogP contribution in [0.15, 0.2) is 24.4 Å². The molecule has 3 aliphatic rings. The summed E-state index contributed by atoms with van der Waals surface area (Å²) in [5.74, 6) is -0.159. The first-order valence-corrected chi connectivity index (χ1v) is 11.8. The largest absolute Gasteiger partial charge is 0.492 e. The standard InChI is InChI=1S/C22H25ClN6O6/c23-16-3-2-14-8-18(16)33-6-1-4-29-9-15(25-26-29)13-35-19-11-28(10-17(19)24-21(14)31)20(30)12-27-5-7-34-22(27)32/h2-3,8-9,17,19H,1,4-7,10-13H2,(H,24,31)/t17-,19-/m0/s1. The number of rotatable bonds is 2. The molecule has 0 radical (unpaired) electrons. The molecule has 2 saturated heterocycles. The van der Waals surface area contributed by atoms with Gasteiger partial charge in [0.25, 0.3) is 5.91 Å². The lowest BCUT2D eigenvalue weighted by Crippen LogP contribution is -2.44. The van der Waals surface area contributed by atoms with Crippen molar-refractivity contribution in [2.24, 2.45) is 0 Å². The van der Waals surface area contributed by atoms with Crippen molar-refractivity contribution in [1.82, 2.24) is 30.1 Å². The zero-order chi connectivity index (χ0) is 24.4. The third-order valence-electron chi connectivity index (χ3n) is 6.12. The Balaban J connectivity index is 1.35. The van der Waals surface area contributed by atoms with E-state index in [0.717, 1.165) is 0 Å². The minimum absolute atomic E-state index is 0.0849. The zero-order valence-corrected chi connectivity index (χ0v) is 19.6. The molecule has 2 fully saturated rings. The SMILES string of the molecule is O=C1N[C@H]2CN(C(=O)CN3CCOC3=O)C[C@@H]2OCc2cn(nn2)CCCOc2cc1ccc2Cl. The molecular weight excluding hydrogens is 480 g/mol. The second kappa shape index (κ2) is 10.1. The average molecular weight is 505 g/mol. The van der Waals surface area contributed by atoms with E-state index in [4.69, 9.17) is 25.8 Å². The van der Waals surface area contributed by atoms with Gasteiger partial charge < -0.3 is 24.4 Å². The predicted octanol–water partition coefficient (Wildman–Crippen LogP) is 0.692.